The van der Waals surface area contributed by atoms with Crippen LogP contribution in [0.25, 0.3) is 0 Å². The van der Waals surface area contributed by atoms with Crippen LogP contribution in [0.4, 0.5) is 0 Å². The highest BCUT2D eigenvalue weighted by Crippen LogP contribution is 2.55. The van der Waals surface area contributed by atoms with Crippen molar-refractivity contribution in [1.82, 2.24) is 0 Å². The van der Waals surface area contributed by atoms with Crippen LogP contribution in [0.3, 0.4) is 0 Å². The van der Waals surface area contributed by atoms with E-state index in [4.69, 9.17) is 0 Å². The summed E-state index contributed by atoms with van der Waals surface area (Å²) in [5.74, 6) is 1.73. The first-order valence-electron chi connectivity index (χ1n) is 11.9. The summed E-state index contributed by atoms with van der Waals surface area (Å²) >= 11 is 0. The van der Waals surface area contributed by atoms with Crippen LogP contribution in [0.1, 0.15) is 100 Å². The molecular formula is C27H48O2S. The molecule has 0 unspecified atom stereocenters. The summed E-state index contributed by atoms with van der Waals surface area (Å²) in [6, 6.07) is 8.94. The maximum Gasteiger partial charge on any atom is 0.181 e. The molecular weight excluding hydrogens is 388 g/mol. The summed E-state index contributed by atoms with van der Waals surface area (Å²) < 4.78 is 25.1. The third-order valence-corrected chi connectivity index (χ3v) is 8.16. The zero-order valence-electron chi connectivity index (χ0n) is 20.9. The predicted molar refractivity (Wildman–Crippen MR) is 134 cm³/mol. The number of hydrogen-bond acceptors (Lipinski definition) is 2. The molecule has 0 N–H and O–H groups in total. The Labute approximate surface area is 189 Å². The van der Waals surface area contributed by atoms with Crippen LogP contribution < -0.4 is 0 Å². The van der Waals surface area contributed by atoms with E-state index in [1.54, 1.807) is 12.1 Å². The fraction of sp³-hybridized carbons (Fsp3) is 0.704. The van der Waals surface area contributed by atoms with Crippen molar-refractivity contribution in [3.05, 3.63) is 30.3 Å². The second-order valence-electron chi connectivity index (χ2n) is 8.37. The van der Waals surface area contributed by atoms with Gasteiger partial charge in [0.15, 0.2) is 9.84 Å². The molecule has 0 heterocycles. The highest BCUT2D eigenvalue weighted by molar-refractivity contribution is 7.92. The molecule has 1 aromatic rings. The van der Waals surface area contributed by atoms with Crippen LogP contribution in [-0.2, 0) is 9.84 Å². The molecule has 174 valence electrons. The molecule has 0 radical (unpaired) electrons. The summed E-state index contributed by atoms with van der Waals surface area (Å²) in [6.07, 6.45) is 15.8. The van der Waals surface area contributed by atoms with Crippen molar-refractivity contribution in [1.29, 1.82) is 0 Å². The molecule has 2 saturated carbocycles. The summed E-state index contributed by atoms with van der Waals surface area (Å²) in [7, 11) is -3.11. The van der Waals surface area contributed by atoms with E-state index in [1.807, 2.05) is 45.9 Å². The average Bonchev–Trinajstić information content (AvgIpc) is 2.78. The molecule has 1 spiro atoms. The van der Waals surface area contributed by atoms with Crippen LogP contribution in [0.5, 0.6) is 0 Å². The fourth-order valence-electron chi connectivity index (χ4n) is 4.14. The topological polar surface area (TPSA) is 34.1 Å². The SMILES string of the molecule is C#C.CC.CC.CC1CC2(CCC(S(=O)(=O)c3ccccc3)CC2)C1.CCC(C)C. The molecule has 3 heteroatoms. The van der Waals surface area contributed by atoms with Crippen molar-refractivity contribution >= 4 is 9.84 Å². The third kappa shape index (κ3) is 9.69. The Hall–Kier alpha value is -1.27. The minimum Gasteiger partial charge on any atom is -0.223 e. The van der Waals surface area contributed by atoms with Crippen molar-refractivity contribution in [2.75, 3.05) is 0 Å². The lowest BCUT2D eigenvalue weighted by Gasteiger charge is -2.50. The van der Waals surface area contributed by atoms with Gasteiger partial charge in [0.25, 0.3) is 0 Å². The molecule has 0 aliphatic heterocycles. The molecule has 1 aromatic carbocycles. The highest BCUT2D eigenvalue weighted by Gasteiger charge is 2.46. The lowest BCUT2D eigenvalue weighted by molar-refractivity contribution is 0.0253. The Morgan fingerprint density at radius 3 is 1.70 bits per heavy atom. The van der Waals surface area contributed by atoms with Gasteiger partial charge in [-0.25, -0.2) is 8.42 Å². The van der Waals surface area contributed by atoms with Gasteiger partial charge in [0, 0.05) is 0 Å². The van der Waals surface area contributed by atoms with Crippen LogP contribution in [0.2, 0.25) is 0 Å². The van der Waals surface area contributed by atoms with Crippen molar-refractivity contribution < 1.29 is 8.42 Å². The molecule has 2 aliphatic rings. The molecule has 2 aliphatic carbocycles. The average molecular weight is 437 g/mol. The maximum atomic E-state index is 12.6. The Kier molecular flexibility index (Phi) is 16.9. The predicted octanol–water partition coefficient (Wildman–Crippen LogP) is 8.17. The van der Waals surface area contributed by atoms with Crippen molar-refractivity contribution in [3.63, 3.8) is 0 Å². The van der Waals surface area contributed by atoms with E-state index in [2.05, 4.69) is 40.5 Å². The molecule has 2 nitrogen and oxygen atoms in total. The van der Waals surface area contributed by atoms with Gasteiger partial charge in [-0.3, -0.25) is 0 Å². The Balaban J connectivity index is 0. The first-order chi connectivity index (χ1) is 14.3. The number of terminal acetylenes is 1. The van der Waals surface area contributed by atoms with E-state index in [1.165, 1.54) is 19.3 Å². The Morgan fingerprint density at radius 1 is 0.967 bits per heavy atom. The van der Waals surface area contributed by atoms with E-state index in [0.29, 0.717) is 10.3 Å². The van der Waals surface area contributed by atoms with Crippen LogP contribution >= 0.6 is 0 Å². The zero-order chi connectivity index (χ0) is 23.8. The van der Waals surface area contributed by atoms with Gasteiger partial charge in [0.2, 0.25) is 0 Å². The number of rotatable bonds is 3. The molecule has 0 atom stereocenters. The second-order valence-corrected chi connectivity index (χ2v) is 10.6. The normalized spacial score (nSPS) is 24.2. The van der Waals surface area contributed by atoms with Crippen molar-refractivity contribution in [2.45, 2.75) is 110 Å². The smallest absolute Gasteiger partial charge is 0.181 e. The lowest BCUT2D eigenvalue weighted by Crippen LogP contribution is -2.41. The van der Waals surface area contributed by atoms with Crippen LogP contribution in [0.15, 0.2) is 35.2 Å². The van der Waals surface area contributed by atoms with E-state index in [9.17, 15) is 8.42 Å². The van der Waals surface area contributed by atoms with Crippen molar-refractivity contribution in [2.24, 2.45) is 17.3 Å². The molecule has 0 amide bonds. The number of sulfone groups is 1. The van der Waals surface area contributed by atoms with Gasteiger partial charge in [0.1, 0.15) is 0 Å². The molecule has 0 bridgehead atoms. The van der Waals surface area contributed by atoms with E-state index < -0.39 is 9.84 Å². The lowest BCUT2D eigenvalue weighted by atomic mass is 9.56. The largest absolute Gasteiger partial charge is 0.223 e. The minimum atomic E-state index is -3.11. The number of benzene rings is 1. The minimum absolute atomic E-state index is 0.156. The zero-order valence-corrected chi connectivity index (χ0v) is 21.8. The molecule has 30 heavy (non-hydrogen) atoms. The van der Waals surface area contributed by atoms with E-state index >= 15 is 0 Å². The van der Waals surface area contributed by atoms with Gasteiger partial charge in [-0.15, -0.1) is 12.8 Å². The molecule has 2 fully saturated rings. The summed E-state index contributed by atoms with van der Waals surface area (Å²) in [5.41, 5.74) is 0.502. The van der Waals surface area contributed by atoms with Gasteiger partial charge in [-0.1, -0.05) is 80.0 Å². The maximum absolute atomic E-state index is 12.6. The van der Waals surface area contributed by atoms with Gasteiger partial charge >= 0.3 is 0 Å². The first kappa shape index (κ1) is 30.9. The second kappa shape index (κ2) is 16.4. The van der Waals surface area contributed by atoms with Crippen LogP contribution in [0, 0.1) is 30.1 Å². The Bertz CT molecular complexity index is 628. The van der Waals surface area contributed by atoms with E-state index in [0.717, 1.165) is 37.5 Å². The molecule has 0 saturated heterocycles. The summed E-state index contributed by atoms with van der Waals surface area (Å²) in [6.45, 7) is 16.9. The first-order valence-corrected chi connectivity index (χ1v) is 13.5. The van der Waals surface area contributed by atoms with Gasteiger partial charge < -0.3 is 0 Å². The van der Waals surface area contributed by atoms with Crippen LogP contribution in [-0.4, -0.2) is 13.7 Å². The monoisotopic (exact) mass is 436 g/mol. The fourth-order valence-corrected chi connectivity index (χ4v) is 5.92. The third-order valence-electron chi connectivity index (χ3n) is 5.88. The standard InChI is InChI=1S/C16H22O2S.C5H12.2C2H6.C2H2/c1-13-11-16(12-13)9-7-15(8-10-16)19(17,18)14-5-3-2-4-6-14;1-4-5(2)3;3*1-2/h2-6,13,15H,7-12H2,1H3;5H,4H2,1-3H3;2*1-2H3;1-2H. The Morgan fingerprint density at radius 2 is 1.37 bits per heavy atom. The van der Waals surface area contributed by atoms with Gasteiger partial charge in [0.05, 0.1) is 10.1 Å². The summed E-state index contributed by atoms with van der Waals surface area (Å²) in [4.78, 5) is 0.498. The quantitative estimate of drug-likeness (QED) is 0.448. The van der Waals surface area contributed by atoms with Gasteiger partial charge in [-0.05, 0) is 67.9 Å². The highest BCUT2D eigenvalue weighted by atomic mass is 32.2. The van der Waals surface area contributed by atoms with Crippen molar-refractivity contribution in [3.8, 4) is 12.8 Å². The summed E-state index contributed by atoms with van der Waals surface area (Å²) in [5, 5.41) is -0.156. The van der Waals surface area contributed by atoms with E-state index in [-0.39, 0.29) is 5.25 Å². The van der Waals surface area contributed by atoms with Gasteiger partial charge in [-0.2, -0.15) is 0 Å². The number of hydrogen-bond donors (Lipinski definition) is 0. The molecule has 0 aromatic heterocycles. The molecule has 3 rings (SSSR count).